The molecule has 0 saturated carbocycles. The summed E-state index contributed by atoms with van der Waals surface area (Å²) in [5.41, 5.74) is 2.60. The van der Waals surface area contributed by atoms with Crippen LogP contribution in [0.25, 0.3) is 10.9 Å². The number of methoxy groups -OCH3 is 2. The van der Waals surface area contributed by atoms with Crippen LogP contribution in [0.4, 0.5) is 5.69 Å². The Kier molecular flexibility index (Phi) is 8.25. The molecule has 184 valence electrons. The van der Waals surface area contributed by atoms with Crippen molar-refractivity contribution < 1.29 is 19.0 Å². The minimum atomic E-state index is -0.119. The van der Waals surface area contributed by atoms with E-state index in [1.807, 2.05) is 18.2 Å². The molecule has 0 saturated heterocycles. The van der Waals surface area contributed by atoms with Crippen LogP contribution < -0.4 is 24.8 Å². The van der Waals surface area contributed by atoms with E-state index in [1.54, 1.807) is 50.6 Å². The molecular formula is C27H26N4O4S. The van der Waals surface area contributed by atoms with Crippen LogP contribution in [0, 0.1) is 0 Å². The molecule has 8 nitrogen and oxygen atoms in total. The molecule has 1 amide bonds. The van der Waals surface area contributed by atoms with Gasteiger partial charge in [0.25, 0.3) is 0 Å². The predicted octanol–water partition coefficient (Wildman–Crippen LogP) is 5.28. The molecule has 4 rings (SSSR count). The van der Waals surface area contributed by atoms with Gasteiger partial charge in [0.05, 0.1) is 25.1 Å². The number of ether oxygens (including phenoxy) is 3. The van der Waals surface area contributed by atoms with Crippen LogP contribution in [0.3, 0.4) is 0 Å². The van der Waals surface area contributed by atoms with Crippen molar-refractivity contribution in [3.8, 4) is 23.1 Å². The number of fused-ring (bicyclic) bond motifs is 1. The number of carbonyl (C=O) groups excluding carboxylic acids is 1. The highest BCUT2D eigenvalue weighted by Gasteiger charge is 2.13. The number of hydrogen-bond acceptors (Lipinski definition) is 7. The lowest BCUT2D eigenvalue weighted by Gasteiger charge is -2.12. The molecule has 36 heavy (non-hydrogen) atoms. The monoisotopic (exact) mass is 502 g/mol. The molecule has 0 aliphatic rings. The largest absolute Gasteiger partial charge is 0.493 e. The topological polar surface area (TPSA) is 94.6 Å². The summed E-state index contributed by atoms with van der Waals surface area (Å²) in [4.78, 5) is 20.7. The van der Waals surface area contributed by atoms with Crippen molar-refractivity contribution in [1.82, 2.24) is 15.3 Å². The van der Waals surface area contributed by atoms with Gasteiger partial charge in [0, 0.05) is 18.2 Å². The van der Waals surface area contributed by atoms with Gasteiger partial charge < -0.3 is 24.8 Å². The number of nitrogens with zero attached hydrogens (tertiary/aromatic N) is 2. The number of aromatic nitrogens is 2. The van der Waals surface area contributed by atoms with Gasteiger partial charge in [0.1, 0.15) is 12.1 Å². The van der Waals surface area contributed by atoms with E-state index >= 15 is 0 Å². The van der Waals surface area contributed by atoms with Gasteiger partial charge in [-0.1, -0.05) is 30.3 Å². The maximum atomic E-state index is 12.2. The normalized spacial score (nSPS) is 10.5. The lowest BCUT2D eigenvalue weighted by atomic mass is 10.1. The van der Waals surface area contributed by atoms with Gasteiger partial charge in [-0.05, 0) is 61.0 Å². The number of amides is 1. The molecule has 2 N–H and O–H groups in total. The second-order valence-electron chi connectivity index (χ2n) is 7.87. The number of carbonyl (C=O) groups is 1. The number of anilines is 1. The van der Waals surface area contributed by atoms with Crippen molar-refractivity contribution in [3.05, 3.63) is 78.6 Å². The Hall–Kier alpha value is -4.24. The first-order valence-corrected chi connectivity index (χ1v) is 11.8. The highest BCUT2D eigenvalue weighted by Crippen LogP contribution is 2.35. The molecule has 4 aromatic rings. The van der Waals surface area contributed by atoms with Crippen LogP contribution in [0.15, 0.2) is 73.1 Å². The van der Waals surface area contributed by atoms with Crippen LogP contribution >= 0.6 is 12.2 Å². The maximum absolute atomic E-state index is 12.2. The fourth-order valence-corrected chi connectivity index (χ4v) is 3.84. The van der Waals surface area contributed by atoms with Gasteiger partial charge in [0.15, 0.2) is 16.6 Å². The number of aryl methyl sites for hydroxylation is 1. The summed E-state index contributed by atoms with van der Waals surface area (Å²) < 4.78 is 16.7. The Morgan fingerprint density at radius 3 is 2.39 bits per heavy atom. The lowest BCUT2D eigenvalue weighted by molar-refractivity contribution is -0.119. The summed E-state index contributed by atoms with van der Waals surface area (Å²) in [6, 6.07) is 20.8. The Labute approximate surface area is 214 Å². The quantitative estimate of drug-likeness (QED) is 0.299. The third-order valence-electron chi connectivity index (χ3n) is 5.40. The van der Waals surface area contributed by atoms with Gasteiger partial charge in [-0.25, -0.2) is 9.97 Å². The van der Waals surface area contributed by atoms with Crippen LogP contribution in [-0.2, 0) is 11.2 Å². The first-order chi connectivity index (χ1) is 17.6. The molecule has 0 radical (unpaired) electrons. The third-order valence-corrected chi connectivity index (χ3v) is 5.60. The van der Waals surface area contributed by atoms with Crippen molar-refractivity contribution in [1.29, 1.82) is 0 Å². The van der Waals surface area contributed by atoms with E-state index in [1.165, 1.54) is 11.9 Å². The standard InChI is InChI=1S/C27H26N4O4S/c1-33-23-15-21-22(16-24(23)34-2)28-17-29-26(21)35-20-13-11-19(12-14-20)30-27(36)31-25(32)10-6-9-18-7-4-3-5-8-18/h3-5,7-8,11-17H,6,9-10H2,1-2H3,(H2,30,31,32,36). The molecule has 0 fully saturated rings. The van der Waals surface area contributed by atoms with E-state index in [0.717, 1.165) is 18.5 Å². The van der Waals surface area contributed by atoms with E-state index in [2.05, 4.69) is 32.7 Å². The Balaban J connectivity index is 1.32. The molecule has 0 aliphatic carbocycles. The molecule has 0 spiro atoms. The molecule has 9 heteroatoms. The Morgan fingerprint density at radius 2 is 1.67 bits per heavy atom. The average molecular weight is 503 g/mol. The lowest BCUT2D eigenvalue weighted by Crippen LogP contribution is -2.33. The number of hydrogen-bond donors (Lipinski definition) is 2. The van der Waals surface area contributed by atoms with Crippen molar-refractivity contribution >= 4 is 39.8 Å². The van der Waals surface area contributed by atoms with Crippen molar-refractivity contribution in [3.63, 3.8) is 0 Å². The first-order valence-electron chi connectivity index (χ1n) is 11.3. The zero-order valence-corrected chi connectivity index (χ0v) is 20.8. The SMILES string of the molecule is COc1cc2ncnc(Oc3ccc(NC(=S)NC(=O)CCCc4ccccc4)cc3)c2cc1OC. The summed E-state index contributed by atoms with van der Waals surface area (Å²) in [6.45, 7) is 0. The molecule has 1 heterocycles. The molecule has 0 aliphatic heterocycles. The summed E-state index contributed by atoms with van der Waals surface area (Å²) in [5, 5.41) is 6.67. The van der Waals surface area contributed by atoms with E-state index in [9.17, 15) is 4.79 Å². The Morgan fingerprint density at radius 1 is 0.944 bits per heavy atom. The second-order valence-corrected chi connectivity index (χ2v) is 8.28. The van der Waals surface area contributed by atoms with Gasteiger partial charge in [-0.3, -0.25) is 4.79 Å². The fraction of sp³-hybridized carbons (Fsp3) is 0.185. The van der Waals surface area contributed by atoms with Gasteiger partial charge >= 0.3 is 0 Å². The highest BCUT2D eigenvalue weighted by molar-refractivity contribution is 7.80. The van der Waals surface area contributed by atoms with Crippen LogP contribution in [-0.4, -0.2) is 35.2 Å². The molecule has 3 aromatic carbocycles. The smallest absolute Gasteiger partial charge is 0.230 e. The molecule has 0 unspecified atom stereocenters. The van der Waals surface area contributed by atoms with Gasteiger partial charge in [0.2, 0.25) is 11.8 Å². The van der Waals surface area contributed by atoms with Crippen molar-refractivity contribution in [2.75, 3.05) is 19.5 Å². The summed E-state index contributed by atoms with van der Waals surface area (Å²) in [7, 11) is 3.14. The van der Waals surface area contributed by atoms with Crippen LogP contribution in [0.5, 0.6) is 23.1 Å². The maximum Gasteiger partial charge on any atom is 0.230 e. The molecular weight excluding hydrogens is 476 g/mol. The minimum Gasteiger partial charge on any atom is -0.493 e. The van der Waals surface area contributed by atoms with Crippen molar-refractivity contribution in [2.24, 2.45) is 0 Å². The second kappa shape index (κ2) is 11.9. The zero-order chi connectivity index (χ0) is 25.3. The van der Waals surface area contributed by atoms with Crippen LogP contribution in [0.2, 0.25) is 0 Å². The molecule has 0 bridgehead atoms. The Bertz CT molecular complexity index is 1350. The first kappa shape index (κ1) is 24.9. The number of thiocarbonyl (C=S) groups is 1. The van der Waals surface area contributed by atoms with Gasteiger partial charge in [-0.15, -0.1) is 0 Å². The summed E-state index contributed by atoms with van der Waals surface area (Å²) in [6.07, 6.45) is 3.42. The van der Waals surface area contributed by atoms with E-state index < -0.39 is 0 Å². The van der Waals surface area contributed by atoms with E-state index in [0.29, 0.717) is 40.5 Å². The fourth-order valence-electron chi connectivity index (χ4n) is 3.61. The van der Waals surface area contributed by atoms with Crippen LogP contribution in [0.1, 0.15) is 18.4 Å². The predicted molar refractivity (Wildman–Crippen MR) is 143 cm³/mol. The van der Waals surface area contributed by atoms with Gasteiger partial charge in [-0.2, -0.15) is 0 Å². The molecule has 1 aromatic heterocycles. The average Bonchev–Trinajstić information content (AvgIpc) is 2.89. The summed E-state index contributed by atoms with van der Waals surface area (Å²) >= 11 is 5.28. The minimum absolute atomic E-state index is 0.119. The van der Waals surface area contributed by atoms with E-state index in [4.69, 9.17) is 26.4 Å². The van der Waals surface area contributed by atoms with Crippen molar-refractivity contribution in [2.45, 2.75) is 19.3 Å². The number of rotatable bonds is 9. The molecule has 0 atom stereocenters. The third kappa shape index (κ3) is 6.45. The number of benzene rings is 3. The summed E-state index contributed by atoms with van der Waals surface area (Å²) in [5.74, 6) is 1.97. The number of nitrogens with one attached hydrogen (secondary N) is 2. The highest BCUT2D eigenvalue weighted by atomic mass is 32.1. The van der Waals surface area contributed by atoms with E-state index in [-0.39, 0.29) is 11.0 Å². The zero-order valence-electron chi connectivity index (χ0n) is 20.0.